The van der Waals surface area contributed by atoms with Crippen molar-refractivity contribution < 1.29 is 33.4 Å². The lowest BCUT2D eigenvalue weighted by atomic mass is 10.0. The Balaban J connectivity index is 0.000000236. The Bertz CT molecular complexity index is 2080. The molecule has 0 radical (unpaired) electrons. The van der Waals surface area contributed by atoms with Crippen molar-refractivity contribution in [2.24, 2.45) is 0 Å². The number of likely N-dealkylation sites (N-methyl/N-ethyl adjacent to an activating group) is 1. The number of carbonyl (C=O) groups excluding carboxylic acids is 5. The van der Waals surface area contributed by atoms with Gasteiger partial charge in [-0.25, -0.2) is 4.98 Å². The van der Waals surface area contributed by atoms with Crippen molar-refractivity contribution in [2.45, 2.75) is 103 Å². The first kappa shape index (κ1) is 47.0. The maximum Gasteiger partial charge on any atom is 0.255 e. The second kappa shape index (κ2) is 23.8. The average Bonchev–Trinajstić information content (AvgIpc) is 3.93. The molecular weight excluding hydrogens is 791 g/mol. The van der Waals surface area contributed by atoms with Gasteiger partial charge in [0.2, 0.25) is 30.6 Å². The number of hydrogen-bond donors (Lipinski definition) is 4. The third-order valence-electron chi connectivity index (χ3n) is 11.2. The molecule has 2 aromatic carbocycles. The number of carbonyl (C=O) groups is 5. The van der Waals surface area contributed by atoms with Gasteiger partial charge in [-0.1, -0.05) is 57.1 Å². The number of ether oxygens (including phenoxy) is 2. The summed E-state index contributed by atoms with van der Waals surface area (Å²) in [6.07, 6.45) is 10.8. The summed E-state index contributed by atoms with van der Waals surface area (Å²) in [7, 11) is 3.47. The number of fused-ring (bicyclic) bond motifs is 2. The smallest absolute Gasteiger partial charge is 0.255 e. The van der Waals surface area contributed by atoms with Crippen molar-refractivity contribution in [3.63, 3.8) is 0 Å². The van der Waals surface area contributed by atoms with Crippen molar-refractivity contribution in [1.82, 2.24) is 30.8 Å². The monoisotopic (exact) mass is 851 g/mol. The lowest BCUT2D eigenvalue weighted by Crippen LogP contribution is -2.55. The zero-order chi connectivity index (χ0) is 44.4. The fourth-order valence-electron chi connectivity index (χ4n) is 8.07. The molecule has 0 spiro atoms. The van der Waals surface area contributed by atoms with Crippen LogP contribution in [0.25, 0.3) is 0 Å². The van der Waals surface area contributed by atoms with Crippen LogP contribution in [0, 0.1) is 18.8 Å². The van der Waals surface area contributed by atoms with Crippen LogP contribution in [0.5, 0.6) is 5.75 Å². The number of amides is 5. The highest BCUT2D eigenvalue weighted by atomic mass is 16.5. The van der Waals surface area contributed by atoms with Crippen LogP contribution in [-0.4, -0.2) is 111 Å². The van der Waals surface area contributed by atoms with E-state index in [9.17, 15) is 24.0 Å². The van der Waals surface area contributed by atoms with Gasteiger partial charge in [-0.2, -0.15) is 4.98 Å². The number of imide groups is 1. The van der Waals surface area contributed by atoms with Gasteiger partial charge in [0.1, 0.15) is 23.5 Å². The number of benzene rings is 2. The lowest BCUT2D eigenvalue weighted by molar-refractivity contribution is -0.129. The zero-order valence-electron chi connectivity index (χ0n) is 36.6. The summed E-state index contributed by atoms with van der Waals surface area (Å²) >= 11 is 0. The number of anilines is 4. The largest absolute Gasteiger partial charge is 0.495 e. The second-order valence-corrected chi connectivity index (χ2v) is 15.4. The minimum Gasteiger partial charge on any atom is -0.495 e. The predicted molar refractivity (Wildman–Crippen MR) is 238 cm³/mol. The van der Waals surface area contributed by atoms with Gasteiger partial charge >= 0.3 is 0 Å². The lowest BCUT2D eigenvalue weighted by Gasteiger charge is -2.43. The van der Waals surface area contributed by atoms with Crippen LogP contribution in [0.4, 0.5) is 23.1 Å². The first-order valence-electron chi connectivity index (χ1n) is 21.6. The molecule has 16 heteroatoms. The Hall–Kier alpha value is -6.05. The van der Waals surface area contributed by atoms with E-state index in [1.165, 1.54) is 17.7 Å². The van der Waals surface area contributed by atoms with Gasteiger partial charge in [-0.15, -0.1) is 0 Å². The fraction of sp³-hybridized carbons (Fsp3) is 0.500. The second-order valence-electron chi connectivity index (χ2n) is 15.4. The highest BCUT2D eigenvalue weighted by Gasteiger charge is 2.41. The number of methoxy groups -OCH3 is 1. The van der Waals surface area contributed by atoms with Crippen LogP contribution in [0.3, 0.4) is 0 Å². The number of nitrogens with one attached hydrogen (secondary N) is 4. The first-order valence-corrected chi connectivity index (χ1v) is 21.6. The van der Waals surface area contributed by atoms with Crippen molar-refractivity contribution in [1.29, 1.82) is 0 Å². The summed E-state index contributed by atoms with van der Waals surface area (Å²) in [5.41, 5.74) is 4.83. The molecule has 62 heavy (non-hydrogen) atoms. The Labute approximate surface area is 364 Å². The van der Waals surface area contributed by atoms with Crippen molar-refractivity contribution in [2.75, 3.05) is 62.1 Å². The summed E-state index contributed by atoms with van der Waals surface area (Å²) < 4.78 is 11.1. The van der Waals surface area contributed by atoms with Gasteiger partial charge in [0.15, 0.2) is 5.82 Å². The Kier molecular flexibility index (Phi) is 18.1. The van der Waals surface area contributed by atoms with Gasteiger partial charge in [-0.3, -0.25) is 29.3 Å². The van der Waals surface area contributed by atoms with E-state index in [0.717, 1.165) is 78.4 Å². The molecule has 2 aliphatic heterocycles. The molecule has 3 heterocycles. The Morgan fingerprint density at radius 2 is 1.85 bits per heavy atom. The van der Waals surface area contributed by atoms with Gasteiger partial charge in [0.25, 0.3) is 5.91 Å². The highest BCUT2D eigenvalue weighted by Crippen LogP contribution is 2.40. The van der Waals surface area contributed by atoms with Crippen molar-refractivity contribution >= 4 is 53.7 Å². The van der Waals surface area contributed by atoms with Crippen molar-refractivity contribution in [3.8, 4) is 17.6 Å². The minimum absolute atomic E-state index is 0.122. The van der Waals surface area contributed by atoms with Crippen molar-refractivity contribution in [3.05, 3.63) is 64.8 Å². The van der Waals surface area contributed by atoms with E-state index in [4.69, 9.17) is 14.5 Å². The summed E-state index contributed by atoms with van der Waals surface area (Å²) in [5, 5.41) is 11.3. The molecular formula is C46H61N9O7. The van der Waals surface area contributed by atoms with Gasteiger partial charge in [0, 0.05) is 50.3 Å². The van der Waals surface area contributed by atoms with Gasteiger partial charge in [0.05, 0.1) is 32.2 Å². The number of nitrogens with zero attached hydrogens (tertiary/aromatic N) is 5. The molecule has 1 aliphatic carbocycles. The quantitative estimate of drug-likeness (QED) is 0.0704. The summed E-state index contributed by atoms with van der Waals surface area (Å²) in [6, 6.07) is 10.9. The van der Waals surface area contributed by atoms with Crippen LogP contribution in [0.1, 0.15) is 98.7 Å². The molecule has 0 saturated heterocycles. The van der Waals surface area contributed by atoms with Crippen LogP contribution in [-0.2, 0) is 30.5 Å². The minimum atomic E-state index is -0.691. The molecule has 0 bridgehead atoms. The first-order chi connectivity index (χ1) is 30.2. The molecule has 2 unspecified atom stereocenters. The van der Waals surface area contributed by atoms with E-state index in [2.05, 4.69) is 49.9 Å². The SMILES string of the molecule is CCC1C(=O)N(C)c2cnc(Nc3ccc(C)cc3OC)nc2N1C1CCCC1.CCCC(C(=O)NC=O)N1Cc2c(C#CCCOCCNCCCNC=O)cccc2C1=O. The van der Waals surface area contributed by atoms with E-state index in [1.54, 1.807) is 30.3 Å². The average molecular weight is 852 g/mol. The summed E-state index contributed by atoms with van der Waals surface area (Å²) in [4.78, 5) is 73.9. The summed E-state index contributed by atoms with van der Waals surface area (Å²) in [5.74, 6) is 7.75. The maximum atomic E-state index is 13.0. The highest BCUT2D eigenvalue weighted by molar-refractivity contribution is 6.04. The third kappa shape index (κ3) is 11.9. The van der Waals surface area contributed by atoms with Crippen LogP contribution >= 0.6 is 0 Å². The number of hydrogen-bond acceptors (Lipinski definition) is 12. The normalized spacial score (nSPS) is 16.0. The molecule has 3 aliphatic rings. The molecule has 332 valence electrons. The molecule has 5 amide bonds. The topological polar surface area (TPSA) is 187 Å². The fourth-order valence-corrected chi connectivity index (χ4v) is 8.07. The molecule has 1 fully saturated rings. The number of aryl methyl sites for hydroxylation is 1. The standard InChI is InChI=1S/C24H32N4O5.C22H29N5O2/c1-2-7-22(23(31)27-18-30)28-16-21-19(9-5-10-20(21)24(28)32)8-3-4-14-33-15-13-25-11-6-12-26-17-29;1-5-17-21(28)26(3)18-13-23-22(24-16-11-10-14(2)12-19(16)29-4)25-20(18)27(17)15-8-6-7-9-15/h5,9-10,17-18,22,25H,2,4,6-7,11-16H2,1H3,(H,26,29)(H,27,30,31);10-13,15,17H,5-9H2,1-4H3,(H,23,24,25). The molecule has 2 atom stereocenters. The maximum absolute atomic E-state index is 13.0. The van der Waals surface area contributed by atoms with E-state index < -0.39 is 11.9 Å². The molecule has 4 N–H and O–H groups in total. The molecule has 1 saturated carbocycles. The van der Waals surface area contributed by atoms with Gasteiger partial charge < -0.3 is 40.1 Å². The molecule has 6 rings (SSSR count). The predicted octanol–water partition coefficient (Wildman–Crippen LogP) is 4.61. The van der Waals surface area contributed by atoms with Crippen LogP contribution in [0.15, 0.2) is 42.6 Å². The van der Waals surface area contributed by atoms with Crippen LogP contribution < -0.4 is 35.8 Å². The third-order valence-corrected chi connectivity index (χ3v) is 11.2. The van der Waals surface area contributed by atoms with E-state index >= 15 is 0 Å². The van der Waals surface area contributed by atoms with Gasteiger partial charge in [-0.05, 0) is 81.0 Å². The Morgan fingerprint density at radius 1 is 1.05 bits per heavy atom. The van der Waals surface area contributed by atoms with Crippen LogP contribution in [0.2, 0.25) is 0 Å². The van der Waals surface area contributed by atoms with E-state index in [-0.39, 0.29) is 17.9 Å². The Morgan fingerprint density at radius 3 is 2.58 bits per heavy atom. The van der Waals surface area contributed by atoms with E-state index in [1.807, 2.05) is 45.2 Å². The molecule has 1 aromatic heterocycles. The summed E-state index contributed by atoms with van der Waals surface area (Å²) in [6.45, 7) is 9.60. The molecule has 3 aromatic rings. The molecule has 16 nitrogen and oxygen atoms in total. The number of rotatable bonds is 20. The van der Waals surface area contributed by atoms with E-state index in [0.29, 0.717) is 75.9 Å². The number of aromatic nitrogens is 2. The zero-order valence-corrected chi connectivity index (χ0v) is 36.6.